The summed E-state index contributed by atoms with van der Waals surface area (Å²) in [4.78, 5) is 13.2. The van der Waals surface area contributed by atoms with Crippen molar-refractivity contribution in [2.75, 3.05) is 13.2 Å². The summed E-state index contributed by atoms with van der Waals surface area (Å²) in [5.74, 6) is -1.68. The maximum Gasteiger partial charge on any atom is 0.282 e. The van der Waals surface area contributed by atoms with Gasteiger partial charge in [0.15, 0.2) is 5.83 Å². The number of hydrogen-bond acceptors (Lipinski definition) is 3. The fourth-order valence-corrected chi connectivity index (χ4v) is 2.28. The van der Waals surface area contributed by atoms with Crippen LogP contribution < -0.4 is 0 Å². The first-order chi connectivity index (χ1) is 9.58. The van der Waals surface area contributed by atoms with E-state index in [0.717, 1.165) is 12.8 Å². The first-order valence-electron chi connectivity index (χ1n) is 6.60. The van der Waals surface area contributed by atoms with Gasteiger partial charge in [0.05, 0.1) is 6.10 Å². The fraction of sp³-hybridized carbons (Fsp3) is 0.400. The van der Waals surface area contributed by atoms with E-state index in [4.69, 9.17) is 4.74 Å². The van der Waals surface area contributed by atoms with Gasteiger partial charge in [0.1, 0.15) is 5.75 Å². The van der Waals surface area contributed by atoms with E-state index in [1.807, 2.05) is 0 Å². The highest BCUT2D eigenvalue weighted by Crippen LogP contribution is 2.21. The van der Waals surface area contributed by atoms with Gasteiger partial charge < -0.3 is 14.7 Å². The van der Waals surface area contributed by atoms with Gasteiger partial charge >= 0.3 is 0 Å². The second kappa shape index (κ2) is 6.52. The Morgan fingerprint density at radius 3 is 2.85 bits per heavy atom. The molecule has 1 unspecified atom stereocenters. The summed E-state index contributed by atoms with van der Waals surface area (Å²) >= 11 is 0. The molecule has 1 aromatic rings. The summed E-state index contributed by atoms with van der Waals surface area (Å²) in [5, 5.41) is 9.76. The first-order valence-corrected chi connectivity index (χ1v) is 6.60. The smallest absolute Gasteiger partial charge is 0.282 e. The van der Waals surface area contributed by atoms with Gasteiger partial charge in [0, 0.05) is 25.3 Å². The fourth-order valence-electron chi connectivity index (χ4n) is 2.28. The number of carbonyl (C=O) groups is 1. The molecule has 108 valence electrons. The van der Waals surface area contributed by atoms with Crippen molar-refractivity contribution in [2.45, 2.75) is 25.5 Å². The van der Waals surface area contributed by atoms with Crippen molar-refractivity contribution < 1.29 is 19.0 Å². The first kappa shape index (κ1) is 14.5. The van der Waals surface area contributed by atoms with E-state index in [-0.39, 0.29) is 18.4 Å². The van der Waals surface area contributed by atoms with Crippen molar-refractivity contribution in [3.63, 3.8) is 0 Å². The zero-order valence-corrected chi connectivity index (χ0v) is 11.2. The Morgan fingerprint density at radius 1 is 1.50 bits per heavy atom. The van der Waals surface area contributed by atoms with Crippen molar-refractivity contribution in [1.29, 1.82) is 0 Å². The highest BCUT2D eigenvalue weighted by Gasteiger charge is 2.24. The van der Waals surface area contributed by atoms with E-state index < -0.39 is 11.7 Å². The normalized spacial score (nSPS) is 17.9. The molecule has 1 heterocycles. The number of phenolic OH excluding ortho intramolecular Hbond substituents is 1. The highest BCUT2D eigenvalue weighted by molar-refractivity contribution is 5.90. The Morgan fingerprint density at radius 2 is 2.25 bits per heavy atom. The minimum atomic E-state index is -1.00. The summed E-state index contributed by atoms with van der Waals surface area (Å²) in [6, 6.07) is 6.69. The molecule has 4 nitrogen and oxygen atoms in total. The molecule has 1 aromatic carbocycles. The molecule has 1 atom stereocenters. The molecule has 20 heavy (non-hydrogen) atoms. The van der Waals surface area contributed by atoms with Crippen molar-refractivity contribution >= 4 is 5.91 Å². The van der Waals surface area contributed by atoms with E-state index in [0.29, 0.717) is 18.7 Å². The molecule has 5 heteroatoms. The lowest BCUT2D eigenvalue weighted by Gasteiger charge is -2.25. The molecule has 1 N–H and O–H groups in total. The molecule has 1 aliphatic rings. The number of para-hydroxylation sites is 1. The van der Waals surface area contributed by atoms with Crippen LogP contribution in [-0.4, -0.2) is 35.2 Å². The van der Waals surface area contributed by atoms with Gasteiger partial charge in [-0.1, -0.05) is 24.8 Å². The second-order valence-electron chi connectivity index (χ2n) is 4.85. The molecule has 1 amide bonds. The molecule has 2 rings (SSSR count). The molecular formula is C15H18FNO3. The van der Waals surface area contributed by atoms with Gasteiger partial charge in [-0.25, -0.2) is 4.39 Å². The Kier molecular flexibility index (Phi) is 4.74. The monoisotopic (exact) mass is 279 g/mol. The van der Waals surface area contributed by atoms with Crippen molar-refractivity contribution in [3.05, 3.63) is 42.2 Å². The zero-order valence-electron chi connectivity index (χ0n) is 11.2. The van der Waals surface area contributed by atoms with Gasteiger partial charge in [-0.3, -0.25) is 4.79 Å². The van der Waals surface area contributed by atoms with Gasteiger partial charge in [0.25, 0.3) is 5.91 Å². The van der Waals surface area contributed by atoms with Crippen LogP contribution in [0.2, 0.25) is 0 Å². The van der Waals surface area contributed by atoms with Crippen LogP contribution in [0.15, 0.2) is 36.7 Å². The molecule has 0 spiro atoms. The lowest BCUT2D eigenvalue weighted by atomic mass is 10.1. The Hall–Kier alpha value is -1.88. The maximum atomic E-state index is 13.1. The standard InChI is InChI=1S/C15H18FNO3/c1-11(16)15(19)17(10-13-6-4-8-20-13)9-12-5-2-3-7-14(12)18/h2-3,5,7,13,18H,1,4,6,8-10H2. The number of nitrogens with zero attached hydrogens (tertiary/aromatic N) is 1. The Labute approximate surface area is 117 Å². The lowest BCUT2D eigenvalue weighted by molar-refractivity contribution is -0.130. The second-order valence-corrected chi connectivity index (χ2v) is 4.85. The number of hydrogen-bond donors (Lipinski definition) is 1. The van der Waals surface area contributed by atoms with Crippen LogP contribution in [0.4, 0.5) is 4.39 Å². The molecule has 0 aliphatic carbocycles. The third kappa shape index (κ3) is 3.57. The minimum Gasteiger partial charge on any atom is -0.508 e. The summed E-state index contributed by atoms with van der Waals surface area (Å²) in [6.45, 7) is 4.15. The molecule has 1 saturated heterocycles. The van der Waals surface area contributed by atoms with Crippen LogP contribution in [0.3, 0.4) is 0 Å². The number of rotatable bonds is 5. The van der Waals surface area contributed by atoms with Crippen LogP contribution in [0.25, 0.3) is 0 Å². The summed E-state index contributed by atoms with van der Waals surface area (Å²) < 4.78 is 18.6. The van der Waals surface area contributed by atoms with Crippen LogP contribution in [-0.2, 0) is 16.1 Å². The predicted octanol–water partition coefficient (Wildman–Crippen LogP) is 2.38. The van der Waals surface area contributed by atoms with Crippen molar-refractivity contribution in [1.82, 2.24) is 4.90 Å². The number of ether oxygens (including phenoxy) is 1. The molecule has 0 saturated carbocycles. The largest absolute Gasteiger partial charge is 0.508 e. The van der Waals surface area contributed by atoms with Crippen LogP contribution in [0, 0.1) is 0 Å². The van der Waals surface area contributed by atoms with E-state index in [2.05, 4.69) is 6.58 Å². The van der Waals surface area contributed by atoms with Crippen molar-refractivity contribution in [3.8, 4) is 5.75 Å². The number of amides is 1. The average molecular weight is 279 g/mol. The molecule has 0 bridgehead atoms. The summed E-state index contributed by atoms with van der Waals surface area (Å²) in [7, 11) is 0. The number of benzene rings is 1. The van der Waals surface area contributed by atoms with Gasteiger partial charge in [0.2, 0.25) is 0 Å². The number of halogens is 1. The Bertz CT molecular complexity index is 498. The number of aromatic hydroxyl groups is 1. The van der Waals surface area contributed by atoms with Gasteiger partial charge in [-0.15, -0.1) is 0 Å². The Balaban J connectivity index is 2.11. The number of carbonyl (C=O) groups excluding carboxylic acids is 1. The SMILES string of the molecule is C=C(F)C(=O)N(Cc1ccccc1O)CC1CCCO1. The third-order valence-electron chi connectivity index (χ3n) is 3.32. The maximum absolute atomic E-state index is 13.1. The van der Waals surface area contributed by atoms with E-state index in [9.17, 15) is 14.3 Å². The van der Waals surface area contributed by atoms with Crippen molar-refractivity contribution in [2.24, 2.45) is 0 Å². The minimum absolute atomic E-state index is 0.0795. The third-order valence-corrected chi connectivity index (χ3v) is 3.32. The zero-order chi connectivity index (χ0) is 14.5. The van der Waals surface area contributed by atoms with Gasteiger partial charge in [-0.05, 0) is 18.9 Å². The van der Waals surface area contributed by atoms with Crippen LogP contribution >= 0.6 is 0 Å². The van der Waals surface area contributed by atoms with E-state index in [1.54, 1.807) is 18.2 Å². The predicted molar refractivity (Wildman–Crippen MR) is 72.7 cm³/mol. The molecule has 1 fully saturated rings. The molecular weight excluding hydrogens is 261 g/mol. The lowest BCUT2D eigenvalue weighted by Crippen LogP contribution is -2.37. The quantitative estimate of drug-likeness (QED) is 0.842. The van der Waals surface area contributed by atoms with Crippen LogP contribution in [0.5, 0.6) is 5.75 Å². The average Bonchev–Trinajstić information content (AvgIpc) is 2.92. The van der Waals surface area contributed by atoms with E-state index >= 15 is 0 Å². The topological polar surface area (TPSA) is 49.8 Å². The molecule has 1 aliphatic heterocycles. The molecule has 0 aromatic heterocycles. The number of phenols is 1. The van der Waals surface area contributed by atoms with E-state index in [1.165, 1.54) is 11.0 Å². The highest BCUT2D eigenvalue weighted by atomic mass is 19.1. The van der Waals surface area contributed by atoms with Crippen LogP contribution in [0.1, 0.15) is 18.4 Å². The summed E-state index contributed by atoms with van der Waals surface area (Å²) in [5.41, 5.74) is 0.570. The molecule has 0 radical (unpaired) electrons. The summed E-state index contributed by atoms with van der Waals surface area (Å²) in [6.07, 6.45) is 1.72. The van der Waals surface area contributed by atoms with Gasteiger partial charge in [-0.2, -0.15) is 0 Å².